The van der Waals surface area contributed by atoms with E-state index in [1.54, 1.807) is 6.20 Å². The van der Waals surface area contributed by atoms with E-state index in [-0.39, 0.29) is 0 Å². The summed E-state index contributed by atoms with van der Waals surface area (Å²) >= 11 is 0. The highest BCUT2D eigenvalue weighted by Gasteiger charge is 2.06. The minimum Gasteiger partial charge on any atom is -0.258 e. The third-order valence-electron chi connectivity index (χ3n) is 2.20. The summed E-state index contributed by atoms with van der Waals surface area (Å²) in [6, 6.07) is 0. The van der Waals surface area contributed by atoms with E-state index < -0.39 is 0 Å². The second-order valence-corrected chi connectivity index (χ2v) is 3.02. The van der Waals surface area contributed by atoms with Gasteiger partial charge in [-0.15, -0.1) is 0 Å². The van der Waals surface area contributed by atoms with Crippen molar-refractivity contribution in [2.75, 3.05) is 0 Å². The molecule has 3 nitrogen and oxygen atoms in total. The number of fused-ring (bicyclic) bond motifs is 1. The van der Waals surface area contributed by atoms with Crippen molar-refractivity contribution < 1.29 is 0 Å². The predicted octanol–water partition coefficient (Wildman–Crippen LogP) is 1.65. The summed E-state index contributed by atoms with van der Waals surface area (Å²) in [6.07, 6.45) is 3.65. The lowest BCUT2D eigenvalue weighted by Crippen LogP contribution is -1.91. The maximum atomic E-state index is 4.35. The third-order valence-corrected chi connectivity index (χ3v) is 2.20. The van der Waals surface area contributed by atoms with Gasteiger partial charge in [-0.2, -0.15) is 5.10 Å². The molecule has 0 saturated heterocycles. The Hall–Kier alpha value is -1.38. The van der Waals surface area contributed by atoms with E-state index >= 15 is 0 Å². The van der Waals surface area contributed by atoms with Gasteiger partial charge in [0.25, 0.3) is 0 Å². The summed E-state index contributed by atoms with van der Waals surface area (Å²) in [5.41, 5.74) is 4.47. The molecule has 0 bridgehead atoms. The molecule has 0 radical (unpaired) electrons. The molecule has 0 saturated carbocycles. The lowest BCUT2D eigenvalue weighted by molar-refractivity contribution is 0.913. The molecule has 2 aromatic heterocycles. The minimum absolute atomic E-state index is 1.04. The van der Waals surface area contributed by atoms with E-state index in [9.17, 15) is 0 Å². The van der Waals surface area contributed by atoms with Crippen molar-refractivity contribution in [3.63, 3.8) is 0 Å². The van der Waals surface area contributed by atoms with Gasteiger partial charge in [0, 0.05) is 12.4 Å². The Morgan fingerprint density at radius 3 is 2.58 bits per heavy atom. The summed E-state index contributed by atoms with van der Waals surface area (Å²) in [6.45, 7) is 6.09. The van der Waals surface area contributed by atoms with Gasteiger partial charge in [0.2, 0.25) is 0 Å². The highest BCUT2D eigenvalue weighted by Crippen LogP contribution is 2.15. The quantitative estimate of drug-likeness (QED) is 0.588. The number of hydrogen-bond acceptors (Lipinski definition) is 2. The highest BCUT2D eigenvalue weighted by molar-refractivity contribution is 5.58. The molecule has 0 unspecified atom stereocenters. The molecule has 2 heterocycles. The SMILES string of the molecule is Cc1nn2ccnc(C)c2c1C. The first-order valence-corrected chi connectivity index (χ1v) is 3.97. The van der Waals surface area contributed by atoms with Gasteiger partial charge in [-0.05, 0) is 26.3 Å². The first-order chi connectivity index (χ1) is 5.70. The standard InChI is InChI=1S/C9H11N3/c1-6-7(2)11-12-5-4-10-8(3)9(6)12/h4-5H,1-3H3. The van der Waals surface area contributed by atoms with Crippen LogP contribution < -0.4 is 0 Å². The van der Waals surface area contributed by atoms with Crippen molar-refractivity contribution in [1.82, 2.24) is 14.6 Å². The van der Waals surface area contributed by atoms with E-state index in [0.717, 1.165) is 16.9 Å². The Balaban J connectivity index is 2.97. The summed E-state index contributed by atoms with van der Waals surface area (Å²) in [7, 11) is 0. The lowest BCUT2D eigenvalue weighted by atomic mass is 10.2. The normalized spacial score (nSPS) is 10.9. The van der Waals surface area contributed by atoms with Crippen molar-refractivity contribution in [1.29, 1.82) is 0 Å². The van der Waals surface area contributed by atoms with E-state index in [0.29, 0.717) is 0 Å². The molecule has 0 spiro atoms. The molecule has 0 aliphatic heterocycles. The second-order valence-electron chi connectivity index (χ2n) is 3.02. The molecule has 0 N–H and O–H groups in total. The van der Waals surface area contributed by atoms with Crippen LogP contribution in [0.25, 0.3) is 5.52 Å². The van der Waals surface area contributed by atoms with Crippen molar-refractivity contribution in [2.45, 2.75) is 20.8 Å². The van der Waals surface area contributed by atoms with Gasteiger partial charge in [-0.25, -0.2) is 4.52 Å². The van der Waals surface area contributed by atoms with Crippen molar-refractivity contribution >= 4 is 5.52 Å². The zero-order valence-electron chi connectivity index (χ0n) is 7.50. The van der Waals surface area contributed by atoms with Crippen LogP contribution in [0.15, 0.2) is 12.4 Å². The molecule has 2 rings (SSSR count). The maximum absolute atomic E-state index is 4.35. The molecule has 0 aromatic carbocycles. The lowest BCUT2D eigenvalue weighted by Gasteiger charge is -1.95. The monoisotopic (exact) mass is 161 g/mol. The second kappa shape index (κ2) is 2.30. The van der Waals surface area contributed by atoms with Crippen molar-refractivity contribution in [3.8, 4) is 0 Å². The summed E-state index contributed by atoms with van der Waals surface area (Å²) < 4.78 is 1.88. The van der Waals surface area contributed by atoms with Crippen LogP contribution in [0.5, 0.6) is 0 Å². The smallest absolute Gasteiger partial charge is 0.0905 e. The van der Waals surface area contributed by atoms with Gasteiger partial charge in [-0.1, -0.05) is 0 Å². The molecule has 0 amide bonds. The van der Waals surface area contributed by atoms with Crippen LogP contribution in [0.4, 0.5) is 0 Å². The van der Waals surface area contributed by atoms with E-state index in [1.165, 1.54) is 5.56 Å². The fourth-order valence-corrected chi connectivity index (χ4v) is 1.44. The zero-order valence-corrected chi connectivity index (χ0v) is 7.50. The third kappa shape index (κ3) is 0.826. The summed E-state index contributed by atoms with van der Waals surface area (Å²) in [5.74, 6) is 0. The van der Waals surface area contributed by atoms with E-state index in [2.05, 4.69) is 17.0 Å². The Morgan fingerprint density at radius 1 is 1.17 bits per heavy atom. The van der Waals surface area contributed by atoms with Gasteiger partial charge >= 0.3 is 0 Å². The molecule has 0 aliphatic carbocycles. The molecule has 62 valence electrons. The molecule has 2 aromatic rings. The van der Waals surface area contributed by atoms with Crippen LogP contribution in [0.2, 0.25) is 0 Å². The van der Waals surface area contributed by atoms with Gasteiger partial charge in [0.15, 0.2) is 0 Å². The molecule has 3 heteroatoms. The highest BCUT2D eigenvalue weighted by atomic mass is 15.2. The number of rotatable bonds is 0. The first kappa shape index (κ1) is 7.28. The average Bonchev–Trinajstić information content (AvgIpc) is 2.29. The van der Waals surface area contributed by atoms with Crippen LogP contribution in [-0.2, 0) is 0 Å². The van der Waals surface area contributed by atoms with Gasteiger partial charge in [0.05, 0.1) is 16.9 Å². The molecule has 0 atom stereocenters. The molecular formula is C9H11N3. The minimum atomic E-state index is 1.04. The average molecular weight is 161 g/mol. The van der Waals surface area contributed by atoms with Gasteiger partial charge in [-0.3, -0.25) is 4.98 Å². The van der Waals surface area contributed by atoms with Gasteiger partial charge in [0.1, 0.15) is 0 Å². The van der Waals surface area contributed by atoms with Crippen molar-refractivity contribution in [2.24, 2.45) is 0 Å². The van der Waals surface area contributed by atoms with Crippen LogP contribution in [0, 0.1) is 20.8 Å². The van der Waals surface area contributed by atoms with Gasteiger partial charge < -0.3 is 0 Å². The fourth-order valence-electron chi connectivity index (χ4n) is 1.44. The van der Waals surface area contributed by atoms with Crippen LogP contribution in [0.1, 0.15) is 17.0 Å². The Morgan fingerprint density at radius 2 is 1.92 bits per heavy atom. The Kier molecular flexibility index (Phi) is 1.40. The van der Waals surface area contributed by atoms with E-state index in [1.807, 2.05) is 24.6 Å². The number of hydrogen-bond donors (Lipinski definition) is 0. The maximum Gasteiger partial charge on any atom is 0.0905 e. The summed E-state index contributed by atoms with van der Waals surface area (Å²) in [5, 5.41) is 4.35. The van der Waals surface area contributed by atoms with Crippen LogP contribution >= 0.6 is 0 Å². The Bertz CT molecular complexity index is 429. The molecule has 0 fully saturated rings. The fraction of sp³-hybridized carbons (Fsp3) is 0.333. The van der Waals surface area contributed by atoms with Crippen LogP contribution in [0.3, 0.4) is 0 Å². The molecule has 0 aliphatic rings. The number of aromatic nitrogens is 3. The van der Waals surface area contributed by atoms with E-state index in [4.69, 9.17) is 0 Å². The van der Waals surface area contributed by atoms with Crippen molar-refractivity contribution in [3.05, 3.63) is 29.3 Å². The molecule has 12 heavy (non-hydrogen) atoms. The Labute approximate surface area is 71.1 Å². The zero-order chi connectivity index (χ0) is 8.72. The largest absolute Gasteiger partial charge is 0.258 e. The number of nitrogens with zero attached hydrogens (tertiary/aromatic N) is 3. The summed E-state index contributed by atoms with van der Waals surface area (Å²) in [4.78, 5) is 4.22. The van der Waals surface area contributed by atoms with Crippen LogP contribution in [-0.4, -0.2) is 14.6 Å². The topological polar surface area (TPSA) is 30.2 Å². The predicted molar refractivity (Wildman–Crippen MR) is 47.2 cm³/mol. The number of aryl methyl sites for hydroxylation is 3. The first-order valence-electron chi connectivity index (χ1n) is 3.97. The molecular weight excluding hydrogens is 150 g/mol.